The first kappa shape index (κ1) is 17.9. The molecular formula is C17H20N2O4S. The SMILES string of the molecule is COc1ccccc1-c1nc(CC(=O)N[C@@H](C(=O)O)C(C)C)cs1. The normalized spacial score (nSPS) is 12.0. The van der Waals surface area contributed by atoms with Crippen LogP contribution in [0.4, 0.5) is 0 Å². The molecule has 1 aromatic heterocycles. The molecule has 0 aliphatic carbocycles. The number of para-hydroxylation sites is 1. The number of hydrogen-bond acceptors (Lipinski definition) is 5. The number of aliphatic carboxylic acids is 1. The van der Waals surface area contributed by atoms with Gasteiger partial charge < -0.3 is 15.2 Å². The molecule has 1 atom stereocenters. The molecule has 6 nitrogen and oxygen atoms in total. The van der Waals surface area contributed by atoms with Gasteiger partial charge in [0.1, 0.15) is 16.8 Å². The third-order valence-corrected chi connectivity index (χ3v) is 4.40. The predicted octanol–water partition coefficient (Wildman–Crippen LogP) is 2.59. The number of thiazole rings is 1. The molecule has 0 saturated heterocycles. The first-order chi connectivity index (χ1) is 11.4. The van der Waals surface area contributed by atoms with Gasteiger partial charge in [-0.1, -0.05) is 26.0 Å². The molecule has 0 saturated carbocycles. The molecule has 2 rings (SSSR count). The number of methoxy groups -OCH3 is 1. The Balaban J connectivity index is 2.08. The lowest BCUT2D eigenvalue weighted by Gasteiger charge is -2.17. The van der Waals surface area contributed by atoms with Gasteiger partial charge in [0.2, 0.25) is 5.91 Å². The van der Waals surface area contributed by atoms with Crippen LogP contribution in [0.5, 0.6) is 5.75 Å². The number of aromatic nitrogens is 1. The Morgan fingerprint density at radius 1 is 1.33 bits per heavy atom. The first-order valence-corrected chi connectivity index (χ1v) is 8.40. The van der Waals surface area contributed by atoms with Gasteiger partial charge in [0, 0.05) is 5.38 Å². The average Bonchev–Trinajstić information content (AvgIpc) is 3.00. The topological polar surface area (TPSA) is 88.5 Å². The van der Waals surface area contributed by atoms with E-state index in [0.717, 1.165) is 10.6 Å². The molecule has 0 spiro atoms. The zero-order chi connectivity index (χ0) is 17.7. The van der Waals surface area contributed by atoms with E-state index in [1.54, 1.807) is 26.3 Å². The zero-order valence-electron chi connectivity index (χ0n) is 13.8. The van der Waals surface area contributed by atoms with Crippen molar-refractivity contribution in [2.75, 3.05) is 7.11 Å². The fourth-order valence-electron chi connectivity index (χ4n) is 2.24. The van der Waals surface area contributed by atoms with Crippen molar-refractivity contribution in [3.8, 4) is 16.3 Å². The Morgan fingerprint density at radius 3 is 2.67 bits per heavy atom. The van der Waals surface area contributed by atoms with Gasteiger partial charge in [-0.15, -0.1) is 11.3 Å². The molecule has 2 aromatic rings. The van der Waals surface area contributed by atoms with Crippen LogP contribution in [0.3, 0.4) is 0 Å². The summed E-state index contributed by atoms with van der Waals surface area (Å²) >= 11 is 1.42. The summed E-state index contributed by atoms with van der Waals surface area (Å²) in [5.41, 5.74) is 1.47. The Kier molecular flexibility index (Phi) is 5.92. The quantitative estimate of drug-likeness (QED) is 0.803. The third kappa shape index (κ3) is 4.32. The van der Waals surface area contributed by atoms with Crippen LogP contribution in [0, 0.1) is 5.92 Å². The van der Waals surface area contributed by atoms with Crippen LogP contribution in [0.25, 0.3) is 10.6 Å². The number of nitrogens with one attached hydrogen (secondary N) is 1. The van der Waals surface area contributed by atoms with Crippen molar-refractivity contribution in [1.29, 1.82) is 0 Å². The second-order valence-electron chi connectivity index (χ2n) is 5.65. The number of nitrogens with zero attached hydrogens (tertiary/aromatic N) is 1. The highest BCUT2D eigenvalue weighted by atomic mass is 32.1. The summed E-state index contributed by atoms with van der Waals surface area (Å²) in [5.74, 6) is -0.862. The van der Waals surface area contributed by atoms with Gasteiger partial charge in [0.05, 0.1) is 24.8 Å². The van der Waals surface area contributed by atoms with Gasteiger partial charge in [0.15, 0.2) is 0 Å². The molecule has 1 amide bonds. The van der Waals surface area contributed by atoms with Crippen molar-refractivity contribution in [2.45, 2.75) is 26.3 Å². The second-order valence-corrected chi connectivity index (χ2v) is 6.51. The molecule has 2 N–H and O–H groups in total. The van der Waals surface area contributed by atoms with E-state index in [2.05, 4.69) is 10.3 Å². The van der Waals surface area contributed by atoms with Gasteiger partial charge in [0.25, 0.3) is 0 Å². The first-order valence-electron chi connectivity index (χ1n) is 7.52. The van der Waals surface area contributed by atoms with E-state index in [0.29, 0.717) is 11.4 Å². The molecule has 128 valence electrons. The smallest absolute Gasteiger partial charge is 0.326 e. The van der Waals surface area contributed by atoms with Crippen LogP contribution < -0.4 is 10.1 Å². The number of rotatable bonds is 7. The number of benzene rings is 1. The summed E-state index contributed by atoms with van der Waals surface area (Å²) in [4.78, 5) is 27.7. The number of carboxylic acid groups (broad SMARTS) is 1. The van der Waals surface area contributed by atoms with Crippen molar-refractivity contribution >= 4 is 23.2 Å². The maximum Gasteiger partial charge on any atom is 0.326 e. The van der Waals surface area contributed by atoms with Crippen molar-refractivity contribution < 1.29 is 19.4 Å². The van der Waals surface area contributed by atoms with Crippen LogP contribution in [-0.2, 0) is 16.0 Å². The van der Waals surface area contributed by atoms with Crippen molar-refractivity contribution in [3.05, 3.63) is 35.3 Å². The number of carbonyl (C=O) groups is 2. The van der Waals surface area contributed by atoms with Crippen molar-refractivity contribution in [2.24, 2.45) is 5.92 Å². The fraction of sp³-hybridized carbons (Fsp3) is 0.353. The van der Waals surface area contributed by atoms with Gasteiger partial charge in [-0.2, -0.15) is 0 Å². The summed E-state index contributed by atoms with van der Waals surface area (Å²) in [7, 11) is 1.60. The van der Waals surface area contributed by atoms with Gasteiger partial charge in [-0.25, -0.2) is 9.78 Å². The van der Waals surface area contributed by atoms with E-state index in [1.165, 1.54) is 11.3 Å². The summed E-state index contributed by atoms with van der Waals surface area (Å²) < 4.78 is 5.32. The number of ether oxygens (including phenoxy) is 1. The van der Waals surface area contributed by atoms with Gasteiger partial charge >= 0.3 is 5.97 Å². The highest BCUT2D eigenvalue weighted by Gasteiger charge is 2.23. The third-order valence-electron chi connectivity index (χ3n) is 3.48. The van der Waals surface area contributed by atoms with Gasteiger partial charge in [-0.3, -0.25) is 4.79 Å². The lowest BCUT2D eigenvalue weighted by molar-refractivity contribution is -0.143. The predicted molar refractivity (Wildman–Crippen MR) is 92.2 cm³/mol. The minimum Gasteiger partial charge on any atom is -0.496 e. The highest BCUT2D eigenvalue weighted by molar-refractivity contribution is 7.13. The molecule has 0 aliphatic rings. The highest BCUT2D eigenvalue weighted by Crippen LogP contribution is 2.31. The summed E-state index contributed by atoms with van der Waals surface area (Å²) in [5, 5.41) is 14.2. The number of hydrogen-bond donors (Lipinski definition) is 2. The van der Waals surface area contributed by atoms with Crippen LogP contribution in [0.2, 0.25) is 0 Å². The van der Waals surface area contributed by atoms with E-state index < -0.39 is 12.0 Å². The molecule has 24 heavy (non-hydrogen) atoms. The minimum absolute atomic E-state index is 0.0438. The number of carboxylic acids is 1. The second kappa shape index (κ2) is 7.92. The molecule has 1 heterocycles. The molecule has 0 fully saturated rings. The number of carbonyl (C=O) groups excluding carboxylic acids is 1. The standard InChI is InChI=1S/C17H20N2O4S/c1-10(2)15(17(21)22)19-14(20)8-11-9-24-16(18-11)12-6-4-5-7-13(12)23-3/h4-7,9-10,15H,8H2,1-3H3,(H,19,20)(H,21,22)/t15-/m1/s1. The molecular weight excluding hydrogens is 328 g/mol. The van der Waals surface area contributed by atoms with E-state index in [1.807, 2.05) is 24.3 Å². The van der Waals surface area contributed by atoms with Crippen LogP contribution in [-0.4, -0.2) is 35.1 Å². The van der Waals surface area contributed by atoms with Crippen LogP contribution >= 0.6 is 11.3 Å². The van der Waals surface area contributed by atoms with Crippen molar-refractivity contribution in [3.63, 3.8) is 0 Å². The monoisotopic (exact) mass is 348 g/mol. The zero-order valence-corrected chi connectivity index (χ0v) is 14.6. The lowest BCUT2D eigenvalue weighted by Crippen LogP contribution is -2.44. The Labute approximate surface area is 144 Å². The minimum atomic E-state index is -1.04. The maximum atomic E-state index is 12.1. The molecule has 1 aromatic carbocycles. The van der Waals surface area contributed by atoms with Crippen LogP contribution in [0.15, 0.2) is 29.6 Å². The largest absolute Gasteiger partial charge is 0.496 e. The maximum absolute atomic E-state index is 12.1. The van der Waals surface area contributed by atoms with E-state index in [9.17, 15) is 9.59 Å². The fourth-order valence-corrected chi connectivity index (χ4v) is 3.08. The molecule has 7 heteroatoms. The lowest BCUT2D eigenvalue weighted by atomic mass is 10.0. The Morgan fingerprint density at radius 2 is 2.04 bits per heavy atom. The van der Waals surface area contributed by atoms with E-state index in [4.69, 9.17) is 9.84 Å². The average molecular weight is 348 g/mol. The van der Waals surface area contributed by atoms with Crippen molar-refractivity contribution in [1.82, 2.24) is 10.3 Å². The molecule has 0 unspecified atom stereocenters. The number of amides is 1. The Bertz CT molecular complexity index is 727. The summed E-state index contributed by atoms with van der Waals surface area (Å²) in [6.07, 6.45) is 0.0438. The van der Waals surface area contributed by atoms with Gasteiger partial charge in [-0.05, 0) is 18.1 Å². The summed E-state index contributed by atoms with van der Waals surface area (Å²) in [6.45, 7) is 3.50. The molecule has 0 aliphatic heterocycles. The van der Waals surface area contributed by atoms with E-state index in [-0.39, 0.29) is 18.2 Å². The molecule has 0 radical (unpaired) electrons. The van der Waals surface area contributed by atoms with Crippen LogP contribution in [0.1, 0.15) is 19.5 Å². The molecule has 0 bridgehead atoms. The Hall–Kier alpha value is -2.41. The summed E-state index contributed by atoms with van der Waals surface area (Å²) in [6, 6.07) is 6.63. The van der Waals surface area contributed by atoms with E-state index >= 15 is 0 Å².